The van der Waals surface area contributed by atoms with Gasteiger partial charge < -0.3 is 30.3 Å². The highest BCUT2D eigenvalue weighted by Gasteiger charge is 2.42. The van der Waals surface area contributed by atoms with Crippen LogP contribution < -0.4 is 4.74 Å². The van der Waals surface area contributed by atoms with Crippen molar-refractivity contribution in [1.82, 2.24) is 0 Å². The zero-order chi connectivity index (χ0) is 29.6. The van der Waals surface area contributed by atoms with Crippen LogP contribution in [-0.4, -0.2) is 48.8 Å². The van der Waals surface area contributed by atoms with Crippen LogP contribution in [0.3, 0.4) is 0 Å². The van der Waals surface area contributed by atoms with Crippen molar-refractivity contribution in [3.63, 3.8) is 0 Å². The lowest BCUT2D eigenvalue weighted by molar-refractivity contribution is -0.0232. The monoisotopic (exact) mass is 540 g/mol. The molecule has 0 fully saturated rings. The molecule has 5 N–H and O–H groups in total. The Bertz CT molecular complexity index is 1340. The van der Waals surface area contributed by atoms with Crippen LogP contribution in [0.5, 0.6) is 28.7 Å². The van der Waals surface area contributed by atoms with E-state index in [1.54, 1.807) is 13.8 Å². The van der Waals surface area contributed by atoms with Crippen LogP contribution in [0.4, 0.5) is 0 Å². The summed E-state index contributed by atoms with van der Waals surface area (Å²) >= 11 is 0. The average molecular weight is 541 g/mol. The van der Waals surface area contributed by atoms with E-state index in [0.29, 0.717) is 5.56 Å². The molecule has 2 aromatic carbocycles. The Morgan fingerprint density at radius 1 is 0.974 bits per heavy atom. The molecule has 2 unspecified atom stereocenters. The Hall–Kier alpha value is -3.52. The van der Waals surface area contributed by atoms with Crippen LogP contribution in [0, 0.1) is 5.92 Å². The van der Waals surface area contributed by atoms with Gasteiger partial charge in [-0.25, -0.2) is 0 Å². The lowest BCUT2D eigenvalue weighted by atomic mass is 9.78. The predicted molar refractivity (Wildman–Crippen MR) is 148 cm³/mol. The molecule has 0 aliphatic carbocycles. The standard InChI is InChI=1S/C31H40O8/c1-14(2)9-10-18-12-19(16(5)32)27(35)24(26(18)34)20(11-15(3)4)25-28(36)21-13-22(31(7,8)38)39-30(21)23(17(6)33)29(25)37/h9,12,15,20,22,34-38H,10-11,13H2,1-8H3. The van der Waals surface area contributed by atoms with Crippen molar-refractivity contribution in [2.45, 2.75) is 92.3 Å². The lowest BCUT2D eigenvalue weighted by Crippen LogP contribution is -2.39. The van der Waals surface area contributed by atoms with Gasteiger partial charge in [-0.1, -0.05) is 25.5 Å². The van der Waals surface area contributed by atoms with Crippen molar-refractivity contribution in [2.75, 3.05) is 0 Å². The smallest absolute Gasteiger partial charge is 0.167 e. The average Bonchev–Trinajstić information content (AvgIpc) is 3.23. The first-order valence-electron chi connectivity index (χ1n) is 13.2. The highest BCUT2D eigenvalue weighted by Crippen LogP contribution is 2.55. The zero-order valence-electron chi connectivity index (χ0n) is 24.0. The van der Waals surface area contributed by atoms with Crippen molar-refractivity contribution in [3.8, 4) is 28.7 Å². The van der Waals surface area contributed by atoms with E-state index in [9.17, 15) is 35.1 Å². The Kier molecular flexibility index (Phi) is 8.41. The van der Waals surface area contributed by atoms with Gasteiger partial charge in [0.1, 0.15) is 40.4 Å². The number of phenolic OH excluding ortho intramolecular Hbond substituents is 4. The number of ketones is 2. The van der Waals surface area contributed by atoms with Crippen molar-refractivity contribution in [2.24, 2.45) is 5.92 Å². The van der Waals surface area contributed by atoms with E-state index in [1.165, 1.54) is 19.9 Å². The molecule has 0 amide bonds. The lowest BCUT2D eigenvalue weighted by Gasteiger charge is -2.27. The molecule has 2 aromatic rings. The highest BCUT2D eigenvalue weighted by molar-refractivity contribution is 6.02. The quantitative estimate of drug-likeness (QED) is 0.202. The van der Waals surface area contributed by atoms with E-state index in [1.807, 2.05) is 33.8 Å². The maximum Gasteiger partial charge on any atom is 0.167 e. The predicted octanol–water partition coefficient (Wildman–Crippen LogP) is 5.68. The van der Waals surface area contributed by atoms with Gasteiger partial charge in [-0.15, -0.1) is 0 Å². The second kappa shape index (κ2) is 10.9. The van der Waals surface area contributed by atoms with E-state index in [4.69, 9.17) is 4.74 Å². The summed E-state index contributed by atoms with van der Waals surface area (Å²) in [5.41, 5.74) is 0.141. The van der Waals surface area contributed by atoms with Gasteiger partial charge >= 0.3 is 0 Å². The molecule has 212 valence electrons. The fourth-order valence-electron chi connectivity index (χ4n) is 5.18. The number of benzene rings is 2. The summed E-state index contributed by atoms with van der Waals surface area (Å²) in [6.07, 6.45) is 1.71. The van der Waals surface area contributed by atoms with Gasteiger partial charge in [-0.2, -0.15) is 0 Å². The Morgan fingerprint density at radius 2 is 1.56 bits per heavy atom. The maximum absolute atomic E-state index is 12.8. The number of hydrogen-bond donors (Lipinski definition) is 5. The number of ether oxygens (including phenoxy) is 1. The number of carbonyl (C=O) groups excluding carboxylic acids is 2. The first kappa shape index (κ1) is 30.0. The number of rotatable bonds is 9. The second-order valence-corrected chi connectivity index (χ2v) is 11.7. The number of hydrogen-bond acceptors (Lipinski definition) is 8. The van der Waals surface area contributed by atoms with Crippen LogP contribution >= 0.6 is 0 Å². The van der Waals surface area contributed by atoms with Gasteiger partial charge in [0.15, 0.2) is 11.6 Å². The molecule has 8 nitrogen and oxygen atoms in total. The Balaban J connectivity index is 2.42. The number of aliphatic hydroxyl groups is 1. The third-order valence-electron chi connectivity index (χ3n) is 7.23. The third-order valence-corrected chi connectivity index (χ3v) is 7.23. The van der Waals surface area contributed by atoms with Gasteiger partial charge in [0.05, 0.1) is 11.2 Å². The molecule has 2 atom stereocenters. The first-order chi connectivity index (χ1) is 18.0. The summed E-state index contributed by atoms with van der Waals surface area (Å²) in [6, 6.07) is 1.45. The normalized spacial score (nSPS) is 15.6. The largest absolute Gasteiger partial charge is 0.507 e. The maximum atomic E-state index is 12.8. The van der Waals surface area contributed by atoms with Crippen molar-refractivity contribution in [1.29, 1.82) is 0 Å². The van der Waals surface area contributed by atoms with Crippen molar-refractivity contribution >= 4 is 11.6 Å². The van der Waals surface area contributed by atoms with Crippen molar-refractivity contribution in [3.05, 3.63) is 51.1 Å². The fourth-order valence-corrected chi connectivity index (χ4v) is 5.18. The first-order valence-corrected chi connectivity index (χ1v) is 13.2. The SMILES string of the molecule is CC(=O)c1cc(CC=C(C)C)c(O)c(C(CC(C)C)c2c(O)c3c(c(C(C)=O)c2O)OC(C(C)(C)O)C3)c1O. The van der Waals surface area contributed by atoms with E-state index in [0.717, 1.165) is 5.57 Å². The second-order valence-electron chi connectivity index (χ2n) is 11.7. The number of allylic oxidation sites excluding steroid dienone is 2. The fraction of sp³-hybridized carbons (Fsp3) is 0.484. The van der Waals surface area contributed by atoms with Crippen LogP contribution in [-0.2, 0) is 12.8 Å². The number of Topliss-reactive ketones (excluding diaryl/α,β-unsaturated/α-hetero) is 2. The molecule has 1 aliphatic rings. The molecule has 1 heterocycles. The molecule has 0 radical (unpaired) electrons. The van der Waals surface area contributed by atoms with Gasteiger partial charge in [0, 0.05) is 29.0 Å². The number of phenols is 4. The molecule has 3 rings (SSSR count). The minimum atomic E-state index is -1.31. The van der Waals surface area contributed by atoms with Crippen LogP contribution in [0.1, 0.15) is 111 Å². The topological polar surface area (TPSA) is 145 Å². The minimum Gasteiger partial charge on any atom is -0.507 e. The molecule has 0 bridgehead atoms. The van der Waals surface area contributed by atoms with Crippen molar-refractivity contribution < 1.29 is 39.9 Å². The summed E-state index contributed by atoms with van der Waals surface area (Å²) in [4.78, 5) is 25.3. The molecular weight excluding hydrogens is 500 g/mol. The van der Waals surface area contributed by atoms with Crippen LogP contribution in [0.15, 0.2) is 17.7 Å². The molecule has 0 saturated heterocycles. The molecule has 39 heavy (non-hydrogen) atoms. The molecule has 1 aliphatic heterocycles. The Morgan fingerprint density at radius 3 is 2.05 bits per heavy atom. The summed E-state index contributed by atoms with van der Waals surface area (Å²) in [6.45, 7) is 13.3. The number of carbonyl (C=O) groups is 2. The number of fused-ring (bicyclic) bond motifs is 1. The molecule has 0 spiro atoms. The molecular formula is C31H40O8. The summed E-state index contributed by atoms with van der Waals surface area (Å²) < 4.78 is 5.88. The zero-order valence-corrected chi connectivity index (χ0v) is 24.0. The third kappa shape index (κ3) is 5.76. The van der Waals surface area contributed by atoms with Gasteiger partial charge in [-0.3, -0.25) is 9.59 Å². The molecule has 0 aromatic heterocycles. The summed E-state index contributed by atoms with van der Waals surface area (Å²) in [5.74, 6) is -3.53. The minimum absolute atomic E-state index is 0.00562. The van der Waals surface area contributed by atoms with E-state index in [2.05, 4.69) is 0 Å². The van der Waals surface area contributed by atoms with Gasteiger partial charge in [-0.05, 0) is 71.9 Å². The number of aromatic hydroxyl groups is 4. The highest BCUT2D eigenvalue weighted by atomic mass is 16.5. The van der Waals surface area contributed by atoms with E-state index < -0.39 is 40.7 Å². The van der Waals surface area contributed by atoms with E-state index in [-0.39, 0.29) is 70.2 Å². The molecule has 0 saturated carbocycles. The molecule has 8 heteroatoms. The van der Waals surface area contributed by atoms with Gasteiger partial charge in [0.2, 0.25) is 0 Å². The summed E-state index contributed by atoms with van der Waals surface area (Å²) in [5, 5.41) is 56.4. The summed E-state index contributed by atoms with van der Waals surface area (Å²) in [7, 11) is 0. The van der Waals surface area contributed by atoms with Crippen LogP contribution in [0.2, 0.25) is 0 Å². The van der Waals surface area contributed by atoms with Gasteiger partial charge in [0.25, 0.3) is 0 Å². The van der Waals surface area contributed by atoms with E-state index >= 15 is 0 Å². The Labute approximate surface area is 229 Å². The van der Waals surface area contributed by atoms with Crippen LogP contribution in [0.25, 0.3) is 0 Å².